The SMILES string of the molecule is CC(C)c1ccccc1-c1nc(NSc2ccc(N)nc2)ccc1Cl. The van der Waals surface area contributed by atoms with E-state index in [4.69, 9.17) is 22.3 Å². The first kappa shape index (κ1) is 17.6. The van der Waals surface area contributed by atoms with Gasteiger partial charge in [-0.3, -0.25) is 0 Å². The van der Waals surface area contributed by atoms with Crippen LogP contribution in [0.1, 0.15) is 25.3 Å². The van der Waals surface area contributed by atoms with E-state index in [0.717, 1.165) is 22.0 Å². The average molecular weight is 371 g/mol. The van der Waals surface area contributed by atoms with Gasteiger partial charge in [-0.2, -0.15) is 0 Å². The minimum atomic E-state index is 0.390. The van der Waals surface area contributed by atoms with E-state index in [1.54, 1.807) is 12.3 Å². The highest BCUT2D eigenvalue weighted by Crippen LogP contribution is 2.34. The first-order valence-corrected chi connectivity index (χ1v) is 9.14. The molecule has 3 N–H and O–H groups in total. The maximum atomic E-state index is 6.42. The molecule has 0 spiro atoms. The number of nitrogen functional groups attached to an aromatic ring is 1. The molecular formula is C19H19ClN4S. The van der Waals surface area contributed by atoms with Gasteiger partial charge in [-0.05, 0) is 47.7 Å². The number of hydrogen-bond acceptors (Lipinski definition) is 5. The lowest BCUT2D eigenvalue weighted by molar-refractivity contribution is 0.868. The van der Waals surface area contributed by atoms with Crippen LogP contribution in [0.25, 0.3) is 11.3 Å². The van der Waals surface area contributed by atoms with Crippen molar-refractivity contribution in [2.24, 2.45) is 0 Å². The lowest BCUT2D eigenvalue weighted by Gasteiger charge is -2.14. The normalized spacial score (nSPS) is 10.9. The van der Waals surface area contributed by atoms with Gasteiger partial charge in [-0.15, -0.1) is 0 Å². The molecule has 0 bridgehead atoms. The third-order valence-electron chi connectivity index (χ3n) is 3.72. The van der Waals surface area contributed by atoms with Crippen LogP contribution in [0, 0.1) is 0 Å². The van der Waals surface area contributed by atoms with E-state index in [2.05, 4.69) is 35.7 Å². The smallest absolute Gasteiger partial charge is 0.136 e. The summed E-state index contributed by atoms with van der Waals surface area (Å²) in [6.07, 6.45) is 1.72. The zero-order valence-corrected chi connectivity index (χ0v) is 15.6. The van der Waals surface area contributed by atoms with E-state index >= 15 is 0 Å². The number of nitrogens with two attached hydrogens (primary N) is 1. The summed E-state index contributed by atoms with van der Waals surface area (Å²) in [6.45, 7) is 4.33. The molecule has 6 heteroatoms. The Bertz CT molecular complexity index is 866. The van der Waals surface area contributed by atoms with Gasteiger partial charge in [0.2, 0.25) is 0 Å². The second-order valence-electron chi connectivity index (χ2n) is 5.89. The Balaban J connectivity index is 1.87. The van der Waals surface area contributed by atoms with Crippen LogP contribution in [0.2, 0.25) is 5.02 Å². The third kappa shape index (κ3) is 4.24. The molecule has 0 saturated carbocycles. The Labute approximate surface area is 157 Å². The summed E-state index contributed by atoms with van der Waals surface area (Å²) < 4.78 is 3.23. The van der Waals surface area contributed by atoms with E-state index in [0.29, 0.717) is 16.8 Å². The summed E-state index contributed by atoms with van der Waals surface area (Å²) in [5, 5.41) is 0.637. The van der Waals surface area contributed by atoms with Crippen molar-refractivity contribution >= 4 is 35.2 Å². The molecule has 0 saturated heterocycles. The lowest BCUT2D eigenvalue weighted by atomic mass is 9.95. The van der Waals surface area contributed by atoms with Crippen LogP contribution in [-0.2, 0) is 0 Å². The van der Waals surface area contributed by atoms with Crippen molar-refractivity contribution in [3.8, 4) is 11.3 Å². The van der Waals surface area contributed by atoms with Crippen molar-refractivity contribution in [1.82, 2.24) is 9.97 Å². The zero-order valence-electron chi connectivity index (χ0n) is 14.0. The van der Waals surface area contributed by atoms with E-state index in [1.165, 1.54) is 17.5 Å². The predicted octanol–water partition coefficient (Wildman–Crippen LogP) is 5.62. The first-order valence-electron chi connectivity index (χ1n) is 7.95. The Hall–Kier alpha value is -2.24. The molecule has 0 unspecified atom stereocenters. The Kier molecular flexibility index (Phi) is 5.46. The average Bonchev–Trinajstić information content (AvgIpc) is 2.62. The summed E-state index contributed by atoms with van der Waals surface area (Å²) >= 11 is 7.85. The molecule has 0 aliphatic carbocycles. The number of halogens is 1. The Morgan fingerprint density at radius 1 is 1.08 bits per heavy atom. The highest BCUT2D eigenvalue weighted by atomic mass is 35.5. The summed E-state index contributed by atoms with van der Waals surface area (Å²) in [5.41, 5.74) is 8.68. The highest BCUT2D eigenvalue weighted by Gasteiger charge is 2.13. The van der Waals surface area contributed by atoms with Gasteiger partial charge in [-0.25, -0.2) is 9.97 Å². The van der Waals surface area contributed by atoms with E-state index in [1.807, 2.05) is 30.3 Å². The second kappa shape index (κ2) is 7.76. The fourth-order valence-corrected chi connectivity index (χ4v) is 3.25. The Morgan fingerprint density at radius 2 is 1.88 bits per heavy atom. The van der Waals surface area contributed by atoms with Crippen LogP contribution in [0.5, 0.6) is 0 Å². The van der Waals surface area contributed by atoms with E-state index in [-0.39, 0.29) is 0 Å². The molecular weight excluding hydrogens is 352 g/mol. The molecule has 25 heavy (non-hydrogen) atoms. The van der Waals surface area contributed by atoms with Crippen LogP contribution < -0.4 is 10.5 Å². The predicted molar refractivity (Wildman–Crippen MR) is 107 cm³/mol. The van der Waals surface area contributed by atoms with Gasteiger partial charge < -0.3 is 10.5 Å². The van der Waals surface area contributed by atoms with Crippen molar-refractivity contribution in [2.45, 2.75) is 24.7 Å². The largest absolute Gasteiger partial charge is 0.384 e. The summed E-state index contributed by atoms with van der Waals surface area (Å²) in [4.78, 5) is 9.74. The van der Waals surface area contributed by atoms with Crippen LogP contribution >= 0.6 is 23.5 Å². The van der Waals surface area contributed by atoms with Gasteiger partial charge in [0.1, 0.15) is 11.6 Å². The van der Waals surface area contributed by atoms with Crippen LogP contribution in [0.4, 0.5) is 11.6 Å². The summed E-state index contributed by atoms with van der Waals surface area (Å²) in [6, 6.07) is 15.6. The van der Waals surface area contributed by atoms with Crippen LogP contribution in [-0.4, -0.2) is 9.97 Å². The number of anilines is 2. The second-order valence-corrected chi connectivity index (χ2v) is 7.18. The minimum absolute atomic E-state index is 0.390. The molecule has 2 heterocycles. The van der Waals surface area contributed by atoms with E-state index < -0.39 is 0 Å². The molecule has 0 radical (unpaired) electrons. The van der Waals surface area contributed by atoms with Gasteiger partial charge in [-0.1, -0.05) is 49.7 Å². The maximum absolute atomic E-state index is 6.42. The van der Waals surface area contributed by atoms with Crippen molar-refractivity contribution in [1.29, 1.82) is 0 Å². The van der Waals surface area contributed by atoms with Crippen molar-refractivity contribution in [2.75, 3.05) is 10.5 Å². The first-order chi connectivity index (χ1) is 12.0. The molecule has 2 aromatic heterocycles. The van der Waals surface area contributed by atoms with Gasteiger partial charge in [0.25, 0.3) is 0 Å². The topological polar surface area (TPSA) is 63.8 Å². The molecule has 3 aromatic rings. The van der Waals surface area contributed by atoms with Crippen molar-refractivity contribution in [3.05, 3.63) is 65.3 Å². The number of rotatable bonds is 5. The molecule has 128 valence electrons. The van der Waals surface area contributed by atoms with Crippen LogP contribution in [0.3, 0.4) is 0 Å². The molecule has 0 amide bonds. The molecule has 4 nitrogen and oxygen atoms in total. The van der Waals surface area contributed by atoms with Crippen molar-refractivity contribution < 1.29 is 0 Å². The quantitative estimate of drug-likeness (QED) is 0.570. The van der Waals surface area contributed by atoms with E-state index in [9.17, 15) is 0 Å². The monoisotopic (exact) mass is 370 g/mol. The fourth-order valence-electron chi connectivity index (χ4n) is 2.47. The van der Waals surface area contributed by atoms with Gasteiger partial charge in [0.15, 0.2) is 0 Å². The summed E-state index contributed by atoms with van der Waals surface area (Å²) in [5.74, 6) is 1.63. The fraction of sp³-hybridized carbons (Fsp3) is 0.158. The minimum Gasteiger partial charge on any atom is -0.384 e. The number of nitrogens with one attached hydrogen (secondary N) is 1. The molecule has 3 rings (SSSR count). The molecule has 0 aliphatic rings. The highest BCUT2D eigenvalue weighted by molar-refractivity contribution is 8.00. The number of pyridine rings is 2. The zero-order chi connectivity index (χ0) is 17.8. The maximum Gasteiger partial charge on any atom is 0.136 e. The number of benzene rings is 1. The standard InChI is InChI=1S/C19H19ClN4S/c1-12(2)14-5-3-4-6-15(14)19-16(20)8-10-18(23-19)24-25-13-7-9-17(21)22-11-13/h3-12H,1-2H3,(H2,21,22)(H,23,24). The van der Waals surface area contributed by atoms with Gasteiger partial charge in [0.05, 0.1) is 10.7 Å². The third-order valence-corrected chi connectivity index (χ3v) is 4.81. The Morgan fingerprint density at radius 3 is 2.60 bits per heavy atom. The number of hydrogen-bond donors (Lipinski definition) is 2. The number of aromatic nitrogens is 2. The molecule has 0 aliphatic heterocycles. The number of nitrogens with zero attached hydrogens (tertiary/aromatic N) is 2. The lowest BCUT2D eigenvalue weighted by Crippen LogP contribution is -1.97. The van der Waals surface area contributed by atoms with Gasteiger partial charge >= 0.3 is 0 Å². The summed E-state index contributed by atoms with van der Waals surface area (Å²) in [7, 11) is 0. The van der Waals surface area contributed by atoms with Crippen molar-refractivity contribution in [3.63, 3.8) is 0 Å². The van der Waals surface area contributed by atoms with Crippen LogP contribution in [0.15, 0.2) is 59.6 Å². The molecule has 0 fully saturated rings. The van der Waals surface area contributed by atoms with Gasteiger partial charge in [0, 0.05) is 16.7 Å². The molecule has 1 aromatic carbocycles. The molecule has 0 atom stereocenters.